The van der Waals surface area contributed by atoms with Crippen molar-refractivity contribution in [3.63, 3.8) is 0 Å². The lowest BCUT2D eigenvalue weighted by Gasteiger charge is -2.19. The molecule has 3 rings (SSSR count). The van der Waals surface area contributed by atoms with E-state index in [9.17, 15) is 19.2 Å². The number of ether oxygens (including phenoxy) is 2. The number of benzene rings is 1. The molecule has 2 aliphatic heterocycles. The Morgan fingerprint density at radius 1 is 1.32 bits per heavy atom. The van der Waals surface area contributed by atoms with Crippen LogP contribution in [-0.4, -0.2) is 41.9 Å². The fourth-order valence-corrected chi connectivity index (χ4v) is 2.89. The zero-order valence-electron chi connectivity index (χ0n) is 11.8. The predicted octanol–water partition coefficient (Wildman–Crippen LogP) is 0.0303. The van der Waals surface area contributed by atoms with Gasteiger partial charge in [-0.2, -0.15) is 0 Å². The Hall–Kier alpha value is -2.70. The average Bonchev–Trinajstić information content (AvgIpc) is 2.97. The predicted molar refractivity (Wildman–Crippen MR) is 70.9 cm³/mol. The molecule has 1 aromatic carbocycles. The van der Waals surface area contributed by atoms with Gasteiger partial charge in [-0.3, -0.25) is 24.1 Å². The molecular weight excluding hydrogens is 290 g/mol. The highest BCUT2D eigenvalue weighted by Gasteiger charge is 2.71. The molecule has 114 valence electrons. The molecule has 2 atom stereocenters. The van der Waals surface area contributed by atoms with E-state index in [0.29, 0.717) is 0 Å². The molecule has 1 aromatic rings. The van der Waals surface area contributed by atoms with Gasteiger partial charge in [-0.05, 0) is 5.56 Å². The van der Waals surface area contributed by atoms with E-state index >= 15 is 0 Å². The van der Waals surface area contributed by atoms with Gasteiger partial charge in [-0.15, -0.1) is 0 Å². The molecule has 0 N–H and O–H groups in total. The van der Waals surface area contributed by atoms with Crippen LogP contribution in [0.3, 0.4) is 0 Å². The fourth-order valence-electron chi connectivity index (χ4n) is 2.89. The summed E-state index contributed by atoms with van der Waals surface area (Å²) in [6.07, 6.45) is -1.90. The fraction of sp³-hybridized carbons (Fsp3) is 0.333. The first-order valence-corrected chi connectivity index (χ1v) is 6.68. The van der Waals surface area contributed by atoms with Crippen molar-refractivity contribution in [2.45, 2.75) is 19.1 Å². The third-order valence-electron chi connectivity index (χ3n) is 3.97. The molecule has 22 heavy (non-hydrogen) atoms. The molecule has 0 aromatic heterocycles. The van der Waals surface area contributed by atoms with E-state index in [-0.39, 0.29) is 6.54 Å². The quantitative estimate of drug-likeness (QED) is 0.444. The second-order valence-electron chi connectivity index (χ2n) is 5.22. The summed E-state index contributed by atoms with van der Waals surface area (Å²) in [5.41, 5.74) is -1.15. The van der Waals surface area contributed by atoms with Gasteiger partial charge in [0.25, 0.3) is 11.8 Å². The zero-order valence-corrected chi connectivity index (χ0v) is 11.8. The van der Waals surface area contributed by atoms with Crippen LogP contribution in [0.25, 0.3) is 0 Å². The normalized spacial score (nSPS) is 26.9. The molecular formula is C15H13NO6. The minimum Gasteiger partial charge on any atom is -0.468 e. The second kappa shape index (κ2) is 4.94. The van der Waals surface area contributed by atoms with E-state index in [1.54, 1.807) is 24.3 Å². The number of amides is 2. The van der Waals surface area contributed by atoms with Gasteiger partial charge < -0.3 is 9.47 Å². The number of nitrogens with zero attached hydrogens (tertiary/aromatic N) is 1. The third-order valence-corrected chi connectivity index (χ3v) is 3.97. The summed E-state index contributed by atoms with van der Waals surface area (Å²) in [5.74, 6) is -3.11. The molecule has 0 spiro atoms. The van der Waals surface area contributed by atoms with Gasteiger partial charge in [0.05, 0.1) is 20.1 Å². The van der Waals surface area contributed by atoms with E-state index in [2.05, 4.69) is 4.74 Å². The molecule has 2 amide bonds. The van der Waals surface area contributed by atoms with Crippen molar-refractivity contribution < 1.29 is 28.7 Å². The van der Waals surface area contributed by atoms with Crippen LogP contribution in [-0.2, 0) is 35.2 Å². The van der Waals surface area contributed by atoms with Crippen molar-refractivity contribution >= 4 is 23.8 Å². The van der Waals surface area contributed by atoms with Crippen LogP contribution >= 0.6 is 0 Å². The molecule has 2 fully saturated rings. The maximum atomic E-state index is 12.6. The lowest BCUT2D eigenvalue weighted by Crippen LogP contribution is -2.43. The molecule has 0 radical (unpaired) electrons. The topological polar surface area (TPSA) is 90.0 Å². The number of carbonyl (C=O) groups is 4. The van der Waals surface area contributed by atoms with E-state index in [0.717, 1.165) is 17.6 Å². The highest BCUT2D eigenvalue weighted by Crippen LogP contribution is 2.45. The number of carbonyl (C=O) groups excluding carboxylic acids is 4. The highest BCUT2D eigenvalue weighted by atomic mass is 16.6. The molecule has 2 heterocycles. The van der Waals surface area contributed by atoms with Gasteiger partial charge in [0.2, 0.25) is 11.5 Å². The van der Waals surface area contributed by atoms with Gasteiger partial charge in [0.15, 0.2) is 0 Å². The smallest absolute Gasteiger partial charge is 0.326 e. The Morgan fingerprint density at radius 3 is 2.64 bits per heavy atom. The number of imide groups is 1. The number of likely N-dealkylation sites (tertiary alicyclic amines) is 1. The number of hydrogen-bond acceptors (Lipinski definition) is 6. The monoisotopic (exact) mass is 303 g/mol. The maximum Gasteiger partial charge on any atom is 0.326 e. The zero-order chi connectivity index (χ0) is 15.9. The first-order valence-electron chi connectivity index (χ1n) is 6.68. The lowest BCUT2D eigenvalue weighted by molar-refractivity contribution is -0.160. The summed E-state index contributed by atoms with van der Waals surface area (Å²) in [4.78, 5) is 49.5. The van der Waals surface area contributed by atoms with E-state index in [4.69, 9.17) is 4.74 Å². The van der Waals surface area contributed by atoms with Gasteiger partial charge in [0.1, 0.15) is 0 Å². The molecule has 2 saturated heterocycles. The Balaban J connectivity index is 1.97. The lowest BCUT2D eigenvalue weighted by atomic mass is 9.82. The van der Waals surface area contributed by atoms with Gasteiger partial charge in [0, 0.05) is 0 Å². The Labute approximate surface area is 125 Å². The van der Waals surface area contributed by atoms with Crippen LogP contribution < -0.4 is 0 Å². The van der Waals surface area contributed by atoms with Crippen molar-refractivity contribution in [2.75, 3.05) is 7.11 Å². The molecule has 0 aliphatic carbocycles. The van der Waals surface area contributed by atoms with Crippen LogP contribution in [0.15, 0.2) is 30.3 Å². The van der Waals surface area contributed by atoms with Crippen molar-refractivity contribution in [1.29, 1.82) is 0 Å². The number of rotatable bonds is 3. The first-order chi connectivity index (χ1) is 10.5. The Bertz CT molecular complexity index is 670. The van der Waals surface area contributed by atoms with Crippen molar-refractivity contribution in [1.82, 2.24) is 4.90 Å². The molecule has 0 saturated carbocycles. The van der Waals surface area contributed by atoms with Gasteiger partial charge in [-0.1, -0.05) is 30.3 Å². The number of fused-ring (bicyclic) bond motifs is 1. The van der Waals surface area contributed by atoms with Crippen LogP contribution in [0.5, 0.6) is 0 Å². The SMILES string of the molecule is COC(=O)C12CC(=O)O[C@@H]1C(=O)N(Cc1ccccc1)C2=O. The minimum atomic E-state index is -1.88. The van der Waals surface area contributed by atoms with Crippen molar-refractivity contribution in [3.8, 4) is 0 Å². The third kappa shape index (κ3) is 1.82. The second-order valence-corrected chi connectivity index (χ2v) is 5.22. The summed E-state index contributed by atoms with van der Waals surface area (Å²) in [6.45, 7) is 0.0191. The number of hydrogen-bond donors (Lipinski definition) is 0. The summed E-state index contributed by atoms with van der Waals surface area (Å²) < 4.78 is 9.54. The molecule has 0 bridgehead atoms. The Kier molecular flexibility index (Phi) is 3.20. The van der Waals surface area contributed by atoms with E-state index in [1.807, 2.05) is 6.07 Å². The molecule has 7 nitrogen and oxygen atoms in total. The van der Waals surface area contributed by atoms with Crippen LogP contribution in [0, 0.1) is 5.41 Å². The standard InChI is InChI=1S/C15H13NO6/c1-21-14(20)15-7-10(17)22-11(15)12(18)16(13(15)19)8-9-5-3-2-4-6-9/h2-6,11H,7-8H2,1H3/t11-,15?/m1/s1. The first kappa shape index (κ1) is 14.2. The Morgan fingerprint density at radius 2 is 2.00 bits per heavy atom. The van der Waals surface area contributed by atoms with Gasteiger partial charge >= 0.3 is 11.9 Å². The van der Waals surface area contributed by atoms with Crippen LogP contribution in [0.4, 0.5) is 0 Å². The molecule has 7 heteroatoms. The van der Waals surface area contributed by atoms with Crippen molar-refractivity contribution in [2.24, 2.45) is 5.41 Å². The number of esters is 2. The largest absolute Gasteiger partial charge is 0.468 e. The average molecular weight is 303 g/mol. The van der Waals surface area contributed by atoms with E-state index in [1.165, 1.54) is 0 Å². The summed E-state index contributed by atoms with van der Waals surface area (Å²) >= 11 is 0. The highest BCUT2D eigenvalue weighted by molar-refractivity contribution is 6.21. The minimum absolute atomic E-state index is 0.0191. The maximum absolute atomic E-state index is 12.6. The van der Waals surface area contributed by atoms with Crippen molar-refractivity contribution in [3.05, 3.63) is 35.9 Å². The molecule has 1 unspecified atom stereocenters. The van der Waals surface area contributed by atoms with Crippen LogP contribution in [0.1, 0.15) is 12.0 Å². The summed E-state index contributed by atoms with van der Waals surface area (Å²) in [6, 6.07) is 8.87. The molecule has 2 aliphatic rings. The number of methoxy groups -OCH3 is 1. The summed E-state index contributed by atoms with van der Waals surface area (Å²) in [7, 11) is 1.11. The summed E-state index contributed by atoms with van der Waals surface area (Å²) in [5, 5.41) is 0. The van der Waals surface area contributed by atoms with Gasteiger partial charge in [-0.25, -0.2) is 0 Å². The van der Waals surface area contributed by atoms with E-state index < -0.39 is 41.7 Å². The van der Waals surface area contributed by atoms with Crippen LogP contribution in [0.2, 0.25) is 0 Å².